The summed E-state index contributed by atoms with van der Waals surface area (Å²) in [5.41, 5.74) is 3.83. The summed E-state index contributed by atoms with van der Waals surface area (Å²) in [5.74, 6) is -0.329. The van der Waals surface area contributed by atoms with Crippen molar-refractivity contribution in [3.8, 4) is 0 Å². The number of nitrogens with one attached hydrogen (secondary N) is 2. The largest absolute Gasteiger partial charge is 0.376 e. The van der Waals surface area contributed by atoms with Gasteiger partial charge in [-0.25, -0.2) is 4.39 Å². The molecular weight excluding hydrogens is 279 g/mol. The van der Waals surface area contributed by atoms with Crippen LogP contribution < -0.4 is 10.6 Å². The fraction of sp³-hybridized carbons (Fsp3) is 0.278. The molecule has 0 unspecified atom stereocenters. The zero-order valence-electron chi connectivity index (χ0n) is 12.9. The Morgan fingerprint density at radius 1 is 1.05 bits per heavy atom. The molecule has 0 fully saturated rings. The molecule has 0 bridgehead atoms. The molecule has 0 heterocycles. The molecule has 0 aromatic heterocycles. The van der Waals surface area contributed by atoms with Gasteiger partial charge in [-0.15, -0.1) is 0 Å². The van der Waals surface area contributed by atoms with Gasteiger partial charge in [-0.05, 0) is 43.0 Å². The van der Waals surface area contributed by atoms with Gasteiger partial charge in [-0.1, -0.05) is 36.4 Å². The van der Waals surface area contributed by atoms with Crippen molar-refractivity contribution in [1.82, 2.24) is 5.32 Å². The van der Waals surface area contributed by atoms with Crippen LogP contribution in [0.3, 0.4) is 0 Å². The van der Waals surface area contributed by atoms with E-state index in [4.69, 9.17) is 0 Å². The molecule has 3 nitrogen and oxygen atoms in total. The molecule has 4 heteroatoms. The highest BCUT2D eigenvalue weighted by Gasteiger charge is 2.06. The zero-order valence-corrected chi connectivity index (χ0v) is 12.9. The normalized spacial score (nSPS) is 10.3. The highest BCUT2D eigenvalue weighted by molar-refractivity contribution is 5.81. The van der Waals surface area contributed by atoms with Crippen LogP contribution in [0.5, 0.6) is 0 Å². The smallest absolute Gasteiger partial charge is 0.239 e. The summed E-state index contributed by atoms with van der Waals surface area (Å²) in [6, 6.07) is 12.6. The SMILES string of the molecule is Cc1cccc(C)c1NCC(=O)NCCc1ccccc1F. The van der Waals surface area contributed by atoms with Crippen molar-refractivity contribution in [3.63, 3.8) is 0 Å². The molecule has 2 rings (SSSR count). The predicted molar refractivity (Wildman–Crippen MR) is 87.5 cm³/mol. The van der Waals surface area contributed by atoms with Crippen LogP contribution in [-0.2, 0) is 11.2 Å². The van der Waals surface area contributed by atoms with E-state index < -0.39 is 0 Å². The van der Waals surface area contributed by atoms with Crippen LogP contribution in [0.15, 0.2) is 42.5 Å². The summed E-state index contributed by atoms with van der Waals surface area (Å²) in [6.07, 6.45) is 0.488. The van der Waals surface area contributed by atoms with Crippen molar-refractivity contribution in [1.29, 1.82) is 0 Å². The molecule has 2 aromatic rings. The van der Waals surface area contributed by atoms with Gasteiger partial charge in [0, 0.05) is 12.2 Å². The number of para-hydroxylation sites is 1. The number of carbonyl (C=O) groups is 1. The summed E-state index contributed by atoms with van der Waals surface area (Å²) in [6.45, 7) is 4.65. The third kappa shape index (κ3) is 4.32. The Balaban J connectivity index is 1.78. The fourth-order valence-corrected chi connectivity index (χ4v) is 2.36. The van der Waals surface area contributed by atoms with E-state index in [1.807, 2.05) is 32.0 Å². The molecule has 0 radical (unpaired) electrons. The minimum atomic E-state index is -0.231. The number of amides is 1. The topological polar surface area (TPSA) is 41.1 Å². The first-order valence-electron chi connectivity index (χ1n) is 7.38. The summed E-state index contributed by atoms with van der Waals surface area (Å²) in [7, 11) is 0. The molecular formula is C18H21FN2O. The van der Waals surface area contributed by atoms with Gasteiger partial charge in [-0.2, -0.15) is 0 Å². The molecule has 0 aliphatic carbocycles. The molecule has 116 valence electrons. The molecule has 0 aliphatic heterocycles. The molecule has 0 aliphatic rings. The number of rotatable bonds is 6. The van der Waals surface area contributed by atoms with E-state index in [0.29, 0.717) is 18.5 Å². The molecule has 0 saturated carbocycles. The summed E-state index contributed by atoms with van der Waals surface area (Å²) < 4.78 is 13.4. The number of aryl methyl sites for hydroxylation is 2. The number of hydrogen-bond acceptors (Lipinski definition) is 2. The number of hydrogen-bond donors (Lipinski definition) is 2. The molecule has 22 heavy (non-hydrogen) atoms. The van der Waals surface area contributed by atoms with Gasteiger partial charge in [0.25, 0.3) is 0 Å². The van der Waals surface area contributed by atoms with Gasteiger partial charge in [0.15, 0.2) is 0 Å². The highest BCUT2D eigenvalue weighted by Crippen LogP contribution is 2.18. The van der Waals surface area contributed by atoms with Crippen LogP contribution >= 0.6 is 0 Å². The summed E-state index contributed by atoms with van der Waals surface area (Å²) in [4.78, 5) is 11.8. The Bertz CT molecular complexity index is 635. The lowest BCUT2D eigenvalue weighted by Crippen LogP contribution is -2.31. The third-order valence-electron chi connectivity index (χ3n) is 3.58. The van der Waals surface area contributed by atoms with Crippen molar-refractivity contribution >= 4 is 11.6 Å². The second-order valence-corrected chi connectivity index (χ2v) is 5.31. The van der Waals surface area contributed by atoms with E-state index in [2.05, 4.69) is 10.6 Å². The molecule has 2 N–H and O–H groups in total. The van der Waals surface area contributed by atoms with Crippen LogP contribution in [0, 0.1) is 19.7 Å². The monoisotopic (exact) mass is 300 g/mol. The Hall–Kier alpha value is -2.36. The second kappa shape index (κ2) is 7.59. The lowest BCUT2D eigenvalue weighted by molar-refractivity contribution is -0.119. The summed E-state index contributed by atoms with van der Waals surface area (Å²) in [5, 5.41) is 5.95. The van der Waals surface area contributed by atoms with Crippen LogP contribution in [0.25, 0.3) is 0 Å². The minimum absolute atomic E-state index is 0.0982. The highest BCUT2D eigenvalue weighted by atomic mass is 19.1. The Kier molecular flexibility index (Phi) is 5.53. The summed E-state index contributed by atoms with van der Waals surface area (Å²) >= 11 is 0. The number of benzene rings is 2. The van der Waals surface area contributed by atoms with E-state index >= 15 is 0 Å². The van der Waals surface area contributed by atoms with Crippen molar-refractivity contribution in [3.05, 3.63) is 65.0 Å². The first-order chi connectivity index (χ1) is 10.6. The lowest BCUT2D eigenvalue weighted by Gasteiger charge is -2.12. The quantitative estimate of drug-likeness (QED) is 0.860. The Labute approximate surface area is 130 Å². The van der Waals surface area contributed by atoms with Crippen molar-refractivity contribution in [2.24, 2.45) is 0 Å². The van der Waals surface area contributed by atoms with Crippen LogP contribution in [0.2, 0.25) is 0 Å². The van der Waals surface area contributed by atoms with Gasteiger partial charge in [0.2, 0.25) is 5.91 Å². The standard InChI is InChI=1S/C18H21FN2O/c1-13-6-5-7-14(2)18(13)21-12-17(22)20-11-10-15-8-3-4-9-16(15)19/h3-9,21H,10-12H2,1-2H3,(H,20,22). The Morgan fingerprint density at radius 3 is 2.41 bits per heavy atom. The fourth-order valence-electron chi connectivity index (χ4n) is 2.36. The van der Waals surface area contributed by atoms with E-state index in [1.54, 1.807) is 18.2 Å². The van der Waals surface area contributed by atoms with Crippen molar-refractivity contribution in [2.45, 2.75) is 20.3 Å². The molecule has 0 spiro atoms. The minimum Gasteiger partial charge on any atom is -0.376 e. The second-order valence-electron chi connectivity index (χ2n) is 5.31. The van der Waals surface area contributed by atoms with Gasteiger partial charge in [-0.3, -0.25) is 4.79 Å². The van der Waals surface area contributed by atoms with Crippen molar-refractivity contribution < 1.29 is 9.18 Å². The van der Waals surface area contributed by atoms with E-state index in [-0.39, 0.29) is 18.3 Å². The number of carbonyl (C=O) groups excluding carboxylic acids is 1. The number of halogens is 1. The molecule has 0 atom stereocenters. The predicted octanol–water partition coefficient (Wildman–Crippen LogP) is 3.21. The van der Waals surface area contributed by atoms with Crippen LogP contribution in [0.4, 0.5) is 10.1 Å². The maximum Gasteiger partial charge on any atom is 0.239 e. The zero-order chi connectivity index (χ0) is 15.9. The van der Waals surface area contributed by atoms with E-state index in [9.17, 15) is 9.18 Å². The first-order valence-corrected chi connectivity index (χ1v) is 7.38. The lowest BCUT2D eigenvalue weighted by atomic mass is 10.1. The maximum atomic E-state index is 13.4. The van der Waals surface area contributed by atoms with Gasteiger partial charge in [0.05, 0.1) is 6.54 Å². The van der Waals surface area contributed by atoms with E-state index in [0.717, 1.165) is 16.8 Å². The van der Waals surface area contributed by atoms with Gasteiger partial charge >= 0.3 is 0 Å². The number of anilines is 1. The molecule has 1 amide bonds. The third-order valence-corrected chi connectivity index (χ3v) is 3.58. The van der Waals surface area contributed by atoms with Gasteiger partial charge in [0.1, 0.15) is 5.82 Å². The van der Waals surface area contributed by atoms with Crippen LogP contribution in [0.1, 0.15) is 16.7 Å². The molecule has 0 saturated heterocycles. The maximum absolute atomic E-state index is 13.4. The average Bonchev–Trinajstić information content (AvgIpc) is 2.49. The average molecular weight is 300 g/mol. The first kappa shape index (κ1) is 16.0. The Morgan fingerprint density at radius 2 is 1.73 bits per heavy atom. The molecule has 2 aromatic carbocycles. The van der Waals surface area contributed by atoms with Crippen LogP contribution in [-0.4, -0.2) is 19.0 Å². The van der Waals surface area contributed by atoms with Gasteiger partial charge < -0.3 is 10.6 Å². The van der Waals surface area contributed by atoms with E-state index in [1.165, 1.54) is 6.07 Å². The van der Waals surface area contributed by atoms with Crippen molar-refractivity contribution in [2.75, 3.05) is 18.4 Å².